The van der Waals surface area contributed by atoms with Crippen molar-refractivity contribution in [1.29, 1.82) is 0 Å². The minimum Gasteiger partial charge on any atom is -0.367 e. The largest absolute Gasteiger partial charge is 0.367 e. The zero-order valence-electron chi connectivity index (χ0n) is 4.42. The molecule has 0 saturated carbocycles. The fraction of sp³-hybridized carbons (Fsp3) is 0.167. The molecular weight excluding hydrogens is 118 g/mol. The van der Waals surface area contributed by atoms with Gasteiger partial charge in [-0.1, -0.05) is 12.2 Å². The van der Waals surface area contributed by atoms with Crippen molar-refractivity contribution in [3.8, 4) is 0 Å². The smallest absolute Gasteiger partial charge is 0.00408 e. The Morgan fingerprint density at radius 1 is 1.75 bits per heavy atom. The van der Waals surface area contributed by atoms with Gasteiger partial charge in [-0.05, 0) is 17.0 Å². The normalized spacial score (nSPS) is 9.00. The van der Waals surface area contributed by atoms with Crippen LogP contribution in [0.3, 0.4) is 0 Å². The first-order valence-electron chi connectivity index (χ1n) is 2.49. The lowest BCUT2D eigenvalue weighted by Gasteiger charge is -1.80. The SMILES string of the molecule is S=CCc1cc[nH]c1. The quantitative estimate of drug-likeness (QED) is 0.593. The standard InChI is InChI=1S/C6H7NS/c8-4-2-6-1-3-7-5-6/h1,3-5,7H,2H2. The van der Waals surface area contributed by atoms with Crippen LogP contribution in [-0.2, 0) is 6.42 Å². The molecule has 1 rings (SSSR count). The van der Waals surface area contributed by atoms with E-state index in [2.05, 4.69) is 17.2 Å². The molecule has 0 saturated heterocycles. The van der Waals surface area contributed by atoms with Crippen LogP contribution in [0.5, 0.6) is 0 Å². The van der Waals surface area contributed by atoms with Crippen LogP contribution in [0, 0.1) is 0 Å². The van der Waals surface area contributed by atoms with Crippen LogP contribution < -0.4 is 0 Å². The molecule has 42 valence electrons. The van der Waals surface area contributed by atoms with Gasteiger partial charge in [0.15, 0.2) is 0 Å². The summed E-state index contributed by atoms with van der Waals surface area (Å²) in [5.74, 6) is 0. The van der Waals surface area contributed by atoms with Crippen LogP contribution in [0.25, 0.3) is 0 Å². The Hall–Kier alpha value is -0.630. The van der Waals surface area contributed by atoms with Crippen molar-refractivity contribution < 1.29 is 0 Å². The molecule has 0 unspecified atom stereocenters. The lowest BCUT2D eigenvalue weighted by Crippen LogP contribution is -1.76. The van der Waals surface area contributed by atoms with Crippen molar-refractivity contribution in [3.63, 3.8) is 0 Å². The highest BCUT2D eigenvalue weighted by molar-refractivity contribution is 7.78. The monoisotopic (exact) mass is 125 g/mol. The summed E-state index contributed by atoms with van der Waals surface area (Å²) in [5, 5.41) is 1.73. The third kappa shape index (κ3) is 1.17. The molecule has 0 atom stereocenters. The maximum absolute atomic E-state index is 4.66. The maximum atomic E-state index is 4.66. The molecule has 0 fully saturated rings. The summed E-state index contributed by atoms with van der Waals surface area (Å²) < 4.78 is 0. The highest BCUT2D eigenvalue weighted by Crippen LogP contribution is 1.94. The average Bonchev–Trinajstić information content (AvgIpc) is 2.19. The second-order valence-corrected chi connectivity index (χ2v) is 1.92. The molecule has 1 N–H and O–H groups in total. The van der Waals surface area contributed by atoms with E-state index in [-0.39, 0.29) is 0 Å². The van der Waals surface area contributed by atoms with Crippen LogP contribution in [0.4, 0.5) is 0 Å². The van der Waals surface area contributed by atoms with Crippen molar-refractivity contribution in [1.82, 2.24) is 4.98 Å². The molecule has 0 aliphatic rings. The van der Waals surface area contributed by atoms with Crippen molar-refractivity contribution >= 4 is 17.6 Å². The molecule has 0 aliphatic carbocycles. The zero-order chi connectivity index (χ0) is 5.82. The molecule has 1 aromatic heterocycles. The Morgan fingerprint density at radius 2 is 2.62 bits per heavy atom. The number of aromatic nitrogens is 1. The Kier molecular flexibility index (Phi) is 1.80. The van der Waals surface area contributed by atoms with Gasteiger partial charge >= 0.3 is 0 Å². The van der Waals surface area contributed by atoms with E-state index in [1.165, 1.54) is 5.56 Å². The lowest BCUT2D eigenvalue weighted by molar-refractivity contribution is 1.35. The number of hydrogen-bond donors (Lipinski definition) is 1. The van der Waals surface area contributed by atoms with Gasteiger partial charge in [0.25, 0.3) is 0 Å². The third-order valence-corrected chi connectivity index (χ3v) is 1.15. The van der Waals surface area contributed by atoms with Gasteiger partial charge in [-0.25, -0.2) is 0 Å². The van der Waals surface area contributed by atoms with Crippen LogP contribution in [-0.4, -0.2) is 10.4 Å². The van der Waals surface area contributed by atoms with Crippen molar-refractivity contribution in [2.75, 3.05) is 0 Å². The van der Waals surface area contributed by atoms with E-state index in [1.54, 1.807) is 5.37 Å². The molecular formula is C6H7NS. The summed E-state index contributed by atoms with van der Waals surface area (Å²) in [6.45, 7) is 0. The third-order valence-electron chi connectivity index (χ3n) is 0.981. The van der Waals surface area contributed by atoms with E-state index < -0.39 is 0 Å². The minimum atomic E-state index is 0.888. The summed E-state index contributed by atoms with van der Waals surface area (Å²) in [6.07, 6.45) is 4.73. The second kappa shape index (κ2) is 2.62. The average molecular weight is 125 g/mol. The number of hydrogen-bond acceptors (Lipinski definition) is 1. The van der Waals surface area contributed by atoms with E-state index in [0.29, 0.717) is 0 Å². The number of H-pyrrole nitrogens is 1. The maximum Gasteiger partial charge on any atom is 0.00408 e. The van der Waals surface area contributed by atoms with E-state index in [1.807, 2.05) is 18.5 Å². The fourth-order valence-electron chi connectivity index (χ4n) is 0.582. The van der Waals surface area contributed by atoms with Gasteiger partial charge in [0.1, 0.15) is 0 Å². The van der Waals surface area contributed by atoms with Crippen molar-refractivity contribution in [2.45, 2.75) is 6.42 Å². The molecule has 8 heavy (non-hydrogen) atoms. The zero-order valence-corrected chi connectivity index (χ0v) is 5.24. The van der Waals surface area contributed by atoms with Crippen LogP contribution >= 0.6 is 12.2 Å². The first-order chi connectivity index (χ1) is 3.93. The van der Waals surface area contributed by atoms with E-state index in [9.17, 15) is 0 Å². The number of aromatic amines is 1. The highest BCUT2D eigenvalue weighted by Gasteiger charge is 1.84. The lowest BCUT2D eigenvalue weighted by atomic mass is 10.3. The molecule has 0 aliphatic heterocycles. The molecule has 0 radical (unpaired) electrons. The van der Waals surface area contributed by atoms with Crippen LogP contribution in [0.2, 0.25) is 0 Å². The number of thiocarbonyl (C=S) groups is 1. The van der Waals surface area contributed by atoms with Crippen molar-refractivity contribution in [2.24, 2.45) is 0 Å². The Bertz CT molecular complexity index is 155. The molecule has 1 heterocycles. The molecule has 1 nitrogen and oxygen atoms in total. The summed E-state index contributed by atoms with van der Waals surface area (Å²) in [6, 6.07) is 2.02. The van der Waals surface area contributed by atoms with Crippen LogP contribution in [0.1, 0.15) is 5.56 Å². The fourth-order valence-corrected chi connectivity index (χ4v) is 0.774. The van der Waals surface area contributed by atoms with Gasteiger partial charge in [-0.15, -0.1) is 0 Å². The predicted molar refractivity (Wildman–Crippen MR) is 38.2 cm³/mol. The molecule has 0 bridgehead atoms. The molecule has 0 spiro atoms. The van der Waals surface area contributed by atoms with Crippen molar-refractivity contribution in [3.05, 3.63) is 24.0 Å². The first-order valence-corrected chi connectivity index (χ1v) is 2.96. The predicted octanol–water partition coefficient (Wildman–Crippen LogP) is 1.56. The molecule has 0 aromatic carbocycles. The Labute approximate surface area is 53.7 Å². The summed E-state index contributed by atoms with van der Waals surface area (Å²) in [5.41, 5.74) is 1.25. The minimum absolute atomic E-state index is 0.888. The van der Waals surface area contributed by atoms with E-state index >= 15 is 0 Å². The van der Waals surface area contributed by atoms with Gasteiger partial charge in [0.05, 0.1) is 0 Å². The Balaban J connectivity index is 2.62. The summed E-state index contributed by atoms with van der Waals surface area (Å²) >= 11 is 4.66. The summed E-state index contributed by atoms with van der Waals surface area (Å²) in [7, 11) is 0. The second-order valence-electron chi connectivity index (χ2n) is 1.59. The van der Waals surface area contributed by atoms with E-state index in [4.69, 9.17) is 0 Å². The van der Waals surface area contributed by atoms with Gasteiger partial charge in [-0.3, -0.25) is 0 Å². The number of rotatable bonds is 2. The summed E-state index contributed by atoms with van der Waals surface area (Å²) in [4.78, 5) is 2.95. The van der Waals surface area contributed by atoms with E-state index in [0.717, 1.165) is 6.42 Å². The van der Waals surface area contributed by atoms with Gasteiger partial charge in [-0.2, -0.15) is 0 Å². The highest BCUT2D eigenvalue weighted by atomic mass is 32.1. The van der Waals surface area contributed by atoms with Gasteiger partial charge in [0.2, 0.25) is 0 Å². The van der Waals surface area contributed by atoms with Crippen LogP contribution in [0.15, 0.2) is 18.5 Å². The first kappa shape index (κ1) is 5.51. The van der Waals surface area contributed by atoms with Gasteiger partial charge < -0.3 is 4.98 Å². The van der Waals surface area contributed by atoms with Gasteiger partial charge in [0, 0.05) is 18.8 Å². The molecule has 2 heteroatoms. The number of nitrogens with one attached hydrogen (secondary N) is 1. The molecule has 1 aromatic rings. The molecule has 0 amide bonds. The Morgan fingerprint density at radius 3 is 3.12 bits per heavy atom. The topological polar surface area (TPSA) is 15.8 Å².